The van der Waals surface area contributed by atoms with Crippen LogP contribution >= 0.6 is 12.2 Å². The zero-order valence-corrected chi connectivity index (χ0v) is 19.3. The van der Waals surface area contributed by atoms with Gasteiger partial charge in [-0.2, -0.15) is 18.4 Å². The number of rotatable bonds is 5. The Hall–Kier alpha value is -3.59. The summed E-state index contributed by atoms with van der Waals surface area (Å²) in [6, 6.07) is 3.85. The van der Waals surface area contributed by atoms with Crippen LogP contribution in [0.25, 0.3) is 0 Å². The van der Waals surface area contributed by atoms with Crippen molar-refractivity contribution in [1.29, 1.82) is 5.26 Å². The lowest BCUT2D eigenvalue weighted by Crippen LogP contribution is -2.40. The second-order valence-corrected chi connectivity index (χ2v) is 8.58. The summed E-state index contributed by atoms with van der Waals surface area (Å²) in [4.78, 5) is 31.6. The van der Waals surface area contributed by atoms with Crippen molar-refractivity contribution in [2.75, 3.05) is 11.4 Å². The zero-order valence-electron chi connectivity index (χ0n) is 18.4. The molecular formula is C23H19F4N5O2S. The molecule has 0 saturated carbocycles. The number of carbonyl (C=O) groups is 2. The summed E-state index contributed by atoms with van der Waals surface area (Å²) < 4.78 is 54.9. The molecule has 1 aromatic carbocycles. The summed E-state index contributed by atoms with van der Waals surface area (Å²) in [5.74, 6) is -1.85. The molecule has 2 aliphatic heterocycles. The van der Waals surface area contributed by atoms with Crippen molar-refractivity contribution < 1.29 is 27.2 Å². The van der Waals surface area contributed by atoms with Gasteiger partial charge < -0.3 is 10.2 Å². The Labute approximate surface area is 203 Å². The fraction of sp³-hybridized carbons (Fsp3) is 0.348. The van der Waals surface area contributed by atoms with Crippen LogP contribution in [-0.2, 0) is 23.9 Å². The topological polar surface area (TPSA) is 89.3 Å². The number of pyridine rings is 1. The van der Waals surface area contributed by atoms with Gasteiger partial charge in [0, 0.05) is 19.5 Å². The lowest BCUT2D eigenvalue weighted by Gasteiger charge is -2.30. The maximum atomic E-state index is 14.7. The standard InChI is InChI=1S/C23H19F4N5O2S/c1-2-3-4-29-20(33)15-5-13-11-31-19(7-12(13)6-17(15)24)21(34)32(22(31)35)14-8-16(23(25,26)27)18(9-28)30-10-14/h5-6,8,10,19H,2-4,7,11H2,1H3,(H,29,33). The van der Waals surface area contributed by atoms with Gasteiger partial charge in [-0.3, -0.25) is 14.5 Å². The number of halogens is 4. The van der Waals surface area contributed by atoms with Gasteiger partial charge in [0.2, 0.25) is 0 Å². The molecule has 3 heterocycles. The largest absolute Gasteiger partial charge is 0.419 e. The van der Waals surface area contributed by atoms with Crippen molar-refractivity contribution >= 4 is 34.8 Å². The van der Waals surface area contributed by atoms with Gasteiger partial charge in [-0.15, -0.1) is 0 Å². The highest BCUT2D eigenvalue weighted by Gasteiger charge is 2.46. The quantitative estimate of drug-likeness (QED) is 0.379. The fourth-order valence-electron chi connectivity index (χ4n) is 4.17. The Bertz CT molecular complexity index is 1270. The van der Waals surface area contributed by atoms with Gasteiger partial charge in [0.05, 0.1) is 23.0 Å². The first-order valence-electron chi connectivity index (χ1n) is 10.8. The van der Waals surface area contributed by atoms with E-state index >= 15 is 0 Å². The number of hydrogen-bond donors (Lipinski definition) is 1. The van der Waals surface area contributed by atoms with Crippen molar-refractivity contribution in [2.24, 2.45) is 0 Å². The minimum absolute atomic E-state index is 0.0384. The lowest BCUT2D eigenvalue weighted by atomic mass is 9.92. The number of amides is 2. The number of hydrogen-bond acceptors (Lipinski definition) is 5. The molecule has 2 amide bonds. The van der Waals surface area contributed by atoms with Crippen molar-refractivity contribution in [2.45, 2.75) is 44.9 Å². The van der Waals surface area contributed by atoms with Gasteiger partial charge in [-0.05, 0) is 48.0 Å². The summed E-state index contributed by atoms with van der Waals surface area (Å²) in [6.45, 7) is 2.45. The molecule has 7 nitrogen and oxygen atoms in total. The molecule has 0 bridgehead atoms. The number of nitrogens with one attached hydrogen (secondary N) is 1. The number of carbonyl (C=O) groups excluding carboxylic acids is 2. The van der Waals surface area contributed by atoms with Crippen LogP contribution in [0.4, 0.5) is 23.2 Å². The van der Waals surface area contributed by atoms with Crippen LogP contribution in [0.5, 0.6) is 0 Å². The first kappa shape index (κ1) is 24.5. The predicted octanol–water partition coefficient (Wildman–Crippen LogP) is 3.70. The molecule has 2 aromatic rings. The van der Waals surface area contributed by atoms with E-state index in [2.05, 4.69) is 10.3 Å². The van der Waals surface area contributed by atoms with Gasteiger partial charge >= 0.3 is 6.18 Å². The molecule has 1 fully saturated rings. The first-order chi connectivity index (χ1) is 16.6. The maximum Gasteiger partial charge on any atom is 0.419 e. The normalized spacial score (nSPS) is 17.2. The van der Waals surface area contributed by atoms with E-state index in [1.54, 1.807) is 0 Å². The summed E-state index contributed by atoms with van der Waals surface area (Å²) in [5, 5.41) is 11.6. The highest BCUT2D eigenvalue weighted by molar-refractivity contribution is 7.80. The van der Waals surface area contributed by atoms with Crippen LogP contribution in [0, 0.1) is 17.1 Å². The molecule has 0 aliphatic carbocycles. The number of anilines is 1. The average molecular weight is 505 g/mol. The summed E-state index contributed by atoms with van der Waals surface area (Å²) in [6.07, 6.45) is -2.19. The molecular weight excluding hydrogens is 486 g/mol. The van der Waals surface area contributed by atoms with Crippen LogP contribution in [0.15, 0.2) is 24.4 Å². The van der Waals surface area contributed by atoms with Crippen LogP contribution in [0.3, 0.4) is 0 Å². The molecule has 182 valence electrons. The van der Waals surface area contributed by atoms with Crippen LogP contribution in [0.1, 0.15) is 52.5 Å². The minimum atomic E-state index is -4.85. The highest BCUT2D eigenvalue weighted by Crippen LogP contribution is 2.37. The van der Waals surface area contributed by atoms with Crippen LogP contribution in [-0.4, -0.2) is 39.4 Å². The minimum Gasteiger partial charge on any atom is -0.352 e. The van der Waals surface area contributed by atoms with E-state index in [0.717, 1.165) is 23.9 Å². The third-order valence-corrected chi connectivity index (χ3v) is 6.38. The number of unbranched alkanes of at least 4 members (excludes halogenated alkanes) is 1. The van der Waals surface area contributed by atoms with E-state index < -0.39 is 41.1 Å². The number of benzene rings is 1. The van der Waals surface area contributed by atoms with Crippen molar-refractivity contribution in [1.82, 2.24) is 15.2 Å². The monoisotopic (exact) mass is 505 g/mol. The third-order valence-electron chi connectivity index (χ3n) is 5.97. The molecule has 2 aliphatic rings. The van der Waals surface area contributed by atoms with E-state index in [1.807, 2.05) is 6.92 Å². The van der Waals surface area contributed by atoms with Crippen molar-refractivity contribution in [3.05, 3.63) is 58.2 Å². The number of fused-ring (bicyclic) bond motifs is 2. The Balaban J connectivity index is 1.64. The Morgan fingerprint density at radius 3 is 2.71 bits per heavy atom. The molecule has 12 heteroatoms. The van der Waals surface area contributed by atoms with Crippen LogP contribution < -0.4 is 10.2 Å². The van der Waals surface area contributed by atoms with E-state index in [1.165, 1.54) is 23.1 Å². The molecule has 1 N–H and O–H groups in total. The van der Waals surface area contributed by atoms with E-state index in [0.29, 0.717) is 23.7 Å². The number of alkyl halides is 3. The van der Waals surface area contributed by atoms with E-state index in [9.17, 15) is 27.2 Å². The van der Waals surface area contributed by atoms with Gasteiger partial charge in [-0.25, -0.2) is 9.37 Å². The number of aromatic nitrogens is 1. The smallest absolute Gasteiger partial charge is 0.352 e. The van der Waals surface area contributed by atoms with Gasteiger partial charge in [-0.1, -0.05) is 13.3 Å². The van der Waals surface area contributed by atoms with E-state index in [-0.39, 0.29) is 29.3 Å². The summed E-state index contributed by atoms with van der Waals surface area (Å²) >= 11 is 5.41. The Kier molecular flexibility index (Phi) is 6.46. The summed E-state index contributed by atoms with van der Waals surface area (Å²) in [5.41, 5.74) is -1.33. The third kappa shape index (κ3) is 4.43. The number of thiocarbonyl (C=S) groups is 1. The molecule has 0 spiro atoms. The van der Waals surface area contributed by atoms with Crippen molar-refractivity contribution in [3.8, 4) is 6.07 Å². The van der Waals surface area contributed by atoms with Gasteiger partial charge in [0.25, 0.3) is 11.8 Å². The molecule has 1 atom stereocenters. The molecule has 35 heavy (non-hydrogen) atoms. The molecule has 1 aromatic heterocycles. The Morgan fingerprint density at radius 1 is 1.31 bits per heavy atom. The average Bonchev–Trinajstić information content (AvgIpc) is 3.05. The maximum absolute atomic E-state index is 14.7. The van der Waals surface area contributed by atoms with Gasteiger partial charge in [0.15, 0.2) is 10.8 Å². The molecule has 4 rings (SSSR count). The summed E-state index contributed by atoms with van der Waals surface area (Å²) in [7, 11) is 0. The Morgan fingerprint density at radius 2 is 2.06 bits per heavy atom. The second-order valence-electron chi connectivity index (χ2n) is 8.21. The highest BCUT2D eigenvalue weighted by atomic mass is 32.1. The van der Waals surface area contributed by atoms with Gasteiger partial charge in [0.1, 0.15) is 17.9 Å². The molecule has 0 radical (unpaired) electrons. The fourth-order valence-corrected chi connectivity index (χ4v) is 4.56. The number of nitrogens with zero attached hydrogens (tertiary/aromatic N) is 4. The lowest BCUT2D eigenvalue weighted by molar-refractivity contribution is -0.138. The van der Waals surface area contributed by atoms with Crippen LogP contribution in [0.2, 0.25) is 0 Å². The van der Waals surface area contributed by atoms with Crippen molar-refractivity contribution in [3.63, 3.8) is 0 Å². The predicted molar refractivity (Wildman–Crippen MR) is 121 cm³/mol. The first-order valence-corrected chi connectivity index (χ1v) is 11.2. The molecule has 1 saturated heterocycles. The molecule has 1 unspecified atom stereocenters. The SMILES string of the molecule is CCCCNC(=O)c1cc2c(cc1F)CC1C(=O)N(c3cnc(C#N)c(C(F)(F)F)c3)C(=S)N1C2. The second kappa shape index (κ2) is 9.22. The van der Waals surface area contributed by atoms with E-state index in [4.69, 9.17) is 17.5 Å². The number of nitriles is 1. The zero-order chi connectivity index (χ0) is 25.5.